The Morgan fingerprint density at radius 3 is 2.73 bits per heavy atom. The monoisotopic (exact) mass is 377 g/mol. The van der Waals surface area contributed by atoms with Gasteiger partial charge in [0, 0.05) is 0 Å². The molecule has 2 aromatic heterocycles. The van der Waals surface area contributed by atoms with Crippen LogP contribution in [0.4, 0.5) is 13.2 Å². The molecule has 2 rings (SSSR count). The van der Waals surface area contributed by atoms with Gasteiger partial charge in [0.25, 0.3) is 0 Å². The zero-order valence-corrected chi connectivity index (χ0v) is 13.0. The number of rotatable bonds is 4. The molecule has 0 saturated carbocycles. The minimum absolute atomic E-state index is 0.0601. The first kappa shape index (κ1) is 16.5. The van der Waals surface area contributed by atoms with E-state index in [4.69, 9.17) is 4.74 Å². The van der Waals surface area contributed by atoms with E-state index in [-0.39, 0.29) is 23.7 Å². The molecule has 0 N–H and O–H groups in total. The standard InChI is InChI=1S/C13H11BrF3N3O2/c1-2-22-12(21)8-7-18-20(9(8)6-13(15,16)17)11-5-3-4-10(14)19-11/h3-5,7H,2,6H2,1H3. The van der Waals surface area contributed by atoms with E-state index in [1.165, 1.54) is 6.07 Å². The molecule has 0 fully saturated rings. The van der Waals surface area contributed by atoms with Gasteiger partial charge in [-0.25, -0.2) is 14.5 Å². The van der Waals surface area contributed by atoms with E-state index in [1.54, 1.807) is 19.1 Å². The van der Waals surface area contributed by atoms with Crippen molar-refractivity contribution in [1.29, 1.82) is 0 Å². The molecule has 2 aromatic rings. The predicted octanol–water partition coefficient (Wildman–Crippen LogP) is 3.31. The lowest BCUT2D eigenvalue weighted by Crippen LogP contribution is -2.19. The van der Waals surface area contributed by atoms with Gasteiger partial charge in [-0.05, 0) is 35.0 Å². The molecule has 118 valence electrons. The summed E-state index contributed by atoms with van der Waals surface area (Å²) >= 11 is 3.14. The van der Waals surface area contributed by atoms with Crippen molar-refractivity contribution in [2.75, 3.05) is 6.61 Å². The van der Waals surface area contributed by atoms with Gasteiger partial charge >= 0.3 is 12.1 Å². The zero-order chi connectivity index (χ0) is 16.3. The topological polar surface area (TPSA) is 57.0 Å². The molecule has 0 saturated heterocycles. The van der Waals surface area contributed by atoms with Gasteiger partial charge in [-0.2, -0.15) is 18.3 Å². The van der Waals surface area contributed by atoms with Crippen LogP contribution >= 0.6 is 15.9 Å². The third kappa shape index (κ3) is 3.85. The van der Waals surface area contributed by atoms with E-state index < -0.39 is 18.6 Å². The fourth-order valence-electron chi connectivity index (χ4n) is 1.83. The molecule has 0 atom stereocenters. The number of aromatic nitrogens is 3. The fraction of sp³-hybridized carbons (Fsp3) is 0.308. The van der Waals surface area contributed by atoms with E-state index in [9.17, 15) is 18.0 Å². The predicted molar refractivity (Wildman–Crippen MR) is 74.8 cm³/mol. The molecular weight excluding hydrogens is 367 g/mol. The Hall–Kier alpha value is -1.90. The van der Waals surface area contributed by atoms with Gasteiger partial charge in [0.2, 0.25) is 0 Å². The molecule has 0 unspecified atom stereocenters. The molecule has 0 aromatic carbocycles. The van der Waals surface area contributed by atoms with Crippen LogP contribution in [0.3, 0.4) is 0 Å². The minimum Gasteiger partial charge on any atom is -0.462 e. The lowest BCUT2D eigenvalue weighted by atomic mass is 10.2. The lowest BCUT2D eigenvalue weighted by Gasteiger charge is -2.11. The van der Waals surface area contributed by atoms with E-state index in [1.807, 2.05) is 0 Å². The van der Waals surface area contributed by atoms with Crippen molar-refractivity contribution in [2.24, 2.45) is 0 Å². The first-order valence-corrected chi connectivity index (χ1v) is 7.05. The summed E-state index contributed by atoms with van der Waals surface area (Å²) in [6.45, 7) is 1.63. The number of nitrogens with zero attached hydrogens (tertiary/aromatic N) is 3. The molecular formula is C13H11BrF3N3O2. The van der Waals surface area contributed by atoms with Gasteiger partial charge < -0.3 is 4.74 Å². The van der Waals surface area contributed by atoms with Gasteiger partial charge in [-0.1, -0.05) is 6.07 Å². The number of carbonyl (C=O) groups is 1. The van der Waals surface area contributed by atoms with Gasteiger partial charge in [0.05, 0.1) is 24.9 Å². The lowest BCUT2D eigenvalue weighted by molar-refractivity contribution is -0.128. The van der Waals surface area contributed by atoms with Crippen LogP contribution in [0.1, 0.15) is 23.0 Å². The van der Waals surface area contributed by atoms with E-state index in [2.05, 4.69) is 26.0 Å². The highest BCUT2D eigenvalue weighted by molar-refractivity contribution is 9.10. The number of carbonyl (C=O) groups excluding carboxylic acids is 1. The van der Waals surface area contributed by atoms with Crippen LogP contribution in [0.5, 0.6) is 0 Å². The SMILES string of the molecule is CCOC(=O)c1cnn(-c2cccc(Br)n2)c1CC(F)(F)F. The number of hydrogen-bond donors (Lipinski definition) is 0. The second-order valence-corrected chi connectivity index (χ2v) is 5.06. The summed E-state index contributed by atoms with van der Waals surface area (Å²) in [7, 11) is 0. The molecule has 0 aliphatic heterocycles. The summed E-state index contributed by atoms with van der Waals surface area (Å²) in [5, 5.41) is 3.85. The zero-order valence-electron chi connectivity index (χ0n) is 11.4. The van der Waals surface area contributed by atoms with Gasteiger partial charge in [-0.3, -0.25) is 0 Å². The molecule has 5 nitrogen and oxygen atoms in total. The molecule has 0 amide bonds. The quantitative estimate of drug-likeness (QED) is 0.605. The van der Waals surface area contributed by atoms with Crippen molar-refractivity contribution >= 4 is 21.9 Å². The van der Waals surface area contributed by atoms with Crippen LogP contribution in [0, 0.1) is 0 Å². The van der Waals surface area contributed by atoms with Crippen molar-refractivity contribution in [2.45, 2.75) is 19.5 Å². The Kier molecular flexibility index (Phi) is 4.84. The van der Waals surface area contributed by atoms with Crippen LogP contribution in [0.15, 0.2) is 29.0 Å². The Labute approximate surface area is 132 Å². The highest BCUT2D eigenvalue weighted by atomic mass is 79.9. The van der Waals surface area contributed by atoms with Crippen molar-refractivity contribution in [1.82, 2.24) is 14.8 Å². The first-order valence-electron chi connectivity index (χ1n) is 6.25. The summed E-state index contributed by atoms with van der Waals surface area (Å²) in [5.74, 6) is -0.674. The molecule has 22 heavy (non-hydrogen) atoms. The summed E-state index contributed by atoms with van der Waals surface area (Å²) in [5.41, 5.74) is -0.530. The summed E-state index contributed by atoms with van der Waals surface area (Å²) < 4.78 is 44.6. The fourth-order valence-corrected chi connectivity index (χ4v) is 2.16. The largest absolute Gasteiger partial charge is 0.462 e. The highest BCUT2D eigenvalue weighted by Crippen LogP contribution is 2.25. The molecule has 2 heterocycles. The third-order valence-corrected chi connectivity index (χ3v) is 3.09. The highest BCUT2D eigenvalue weighted by Gasteiger charge is 2.33. The number of ether oxygens (including phenoxy) is 1. The van der Waals surface area contributed by atoms with Crippen LogP contribution in [-0.4, -0.2) is 33.5 Å². The van der Waals surface area contributed by atoms with Crippen LogP contribution < -0.4 is 0 Å². The van der Waals surface area contributed by atoms with Crippen LogP contribution in [-0.2, 0) is 11.2 Å². The molecule has 0 aliphatic rings. The second-order valence-electron chi connectivity index (χ2n) is 4.25. The minimum atomic E-state index is -4.49. The van der Waals surface area contributed by atoms with Gasteiger partial charge in [-0.15, -0.1) is 0 Å². The maximum absolute atomic E-state index is 12.8. The molecule has 0 spiro atoms. The Morgan fingerprint density at radius 1 is 1.41 bits per heavy atom. The Morgan fingerprint density at radius 2 is 2.14 bits per heavy atom. The second kappa shape index (κ2) is 6.47. The number of halogens is 4. The van der Waals surface area contributed by atoms with E-state index >= 15 is 0 Å². The number of esters is 1. The molecule has 0 radical (unpaired) electrons. The van der Waals surface area contributed by atoms with Crippen molar-refractivity contribution in [3.05, 3.63) is 40.3 Å². The maximum Gasteiger partial charge on any atom is 0.394 e. The van der Waals surface area contributed by atoms with Crippen LogP contribution in [0.25, 0.3) is 5.82 Å². The molecule has 0 aliphatic carbocycles. The van der Waals surface area contributed by atoms with Crippen molar-refractivity contribution in [3.63, 3.8) is 0 Å². The van der Waals surface area contributed by atoms with Gasteiger partial charge in [0.1, 0.15) is 10.2 Å². The summed E-state index contributed by atoms with van der Waals surface area (Å²) in [6, 6.07) is 4.73. The summed E-state index contributed by atoms with van der Waals surface area (Å²) in [4.78, 5) is 15.8. The first-order chi connectivity index (χ1) is 10.3. The number of hydrogen-bond acceptors (Lipinski definition) is 4. The summed E-state index contributed by atoms with van der Waals surface area (Å²) in [6.07, 6.45) is -4.75. The molecule has 0 bridgehead atoms. The Bertz CT molecular complexity index is 685. The van der Waals surface area contributed by atoms with Gasteiger partial charge in [0.15, 0.2) is 5.82 Å². The van der Waals surface area contributed by atoms with Crippen molar-refractivity contribution < 1.29 is 22.7 Å². The van der Waals surface area contributed by atoms with Crippen molar-refractivity contribution in [3.8, 4) is 5.82 Å². The van der Waals surface area contributed by atoms with E-state index in [0.29, 0.717) is 4.60 Å². The number of pyridine rings is 1. The third-order valence-electron chi connectivity index (χ3n) is 2.65. The average molecular weight is 378 g/mol. The maximum atomic E-state index is 12.8. The smallest absolute Gasteiger partial charge is 0.394 e. The van der Waals surface area contributed by atoms with Crippen LogP contribution in [0.2, 0.25) is 0 Å². The normalized spacial score (nSPS) is 11.5. The Balaban J connectivity index is 2.52. The van der Waals surface area contributed by atoms with E-state index in [0.717, 1.165) is 10.9 Å². The number of alkyl halides is 3. The average Bonchev–Trinajstić information content (AvgIpc) is 2.80. The molecule has 9 heteroatoms.